The average Bonchev–Trinajstić information content (AvgIpc) is 3.00. The third-order valence-corrected chi connectivity index (χ3v) is 4.63. The number of aromatic amines is 1. The van der Waals surface area contributed by atoms with E-state index in [1.54, 1.807) is 37.3 Å². The van der Waals surface area contributed by atoms with Gasteiger partial charge in [0.05, 0.1) is 46.9 Å². The summed E-state index contributed by atoms with van der Waals surface area (Å²) in [5.74, 6) is -0.472. The highest BCUT2D eigenvalue weighted by Gasteiger charge is 2.20. The molecular weight excluding hydrogens is 401 g/mol. The monoisotopic (exact) mass is 417 g/mol. The molecule has 1 heterocycles. The maximum absolute atomic E-state index is 13.1. The molecule has 28 heavy (non-hydrogen) atoms. The van der Waals surface area contributed by atoms with E-state index in [0.717, 1.165) is 0 Å². The molecule has 0 radical (unpaired) electrons. The molecule has 0 aliphatic rings. The summed E-state index contributed by atoms with van der Waals surface area (Å²) in [7, 11) is 1.29. The molecule has 0 spiro atoms. The summed E-state index contributed by atoms with van der Waals surface area (Å²) in [6, 6.07) is 13.9. The van der Waals surface area contributed by atoms with Crippen molar-refractivity contribution in [3.05, 3.63) is 80.2 Å². The van der Waals surface area contributed by atoms with E-state index in [4.69, 9.17) is 27.9 Å². The van der Waals surface area contributed by atoms with Crippen molar-refractivity contribution >= 4 is 40.6 Å². The van der Waals surface area contributed by atoms with E-state index in [2.05, 4.69) is 10.1 Å². The number of H-pyrrole nitrogens is 1. The number of ether oxygens (including phenoxy) is 1. The molecule has 0 atom stereocenters. The van der Waals surface area contributed by atoms with Crippen molar-refractivity contribution in [1.82, 2.24) is 9.78 Å². The SMILES string of the molecule is COC(=O)Cc1[nH]n(-c2ccccc2)c(=O)c1C(C)=Nc1ccc(Cl)cc1Cl. The van der Waals surface area contributed by atoms with Gasteiger partial charge in [0.1, 0.15) is 0 Å². The lowest BCUT2D eigenvalue weighted by Crippen LogP contribution is -2.20. The lowest BCUT2D eigenvalue weighted by atomic mass is 10.1. The Morgan fingerprint density at radius 3 is 2.54 bits per heavy atom. The molecule has 0 fully saturated rings. The van der Waals surface area contributed by atoms with E-state index in [1.165, 1.54) is 11.8 Å². The van der Waals surface area contributed by atoms with Crippen LogP contribution >= 0.6 is 23.2 Å². The van der Waals surface area contributed by atoms with Crippen LogP contribution in [0.15, 0.2) is 58.3 Å². The fourth-order valence-corrected chi connectivity index (χ4v) is 3.22. The van der Waals surface area contributed by atoms with Gasteiger partial charge in [-0.1, -0.05) is 41.4 Å². The van der Waals surface area contributed by atoms with Gasteiger partial charge in [-0.05, 0) is 37.3 Å². The number of carbonyl (C=O) groups is 1. The van der Waals surface area contributed by atoms with Crippen LogP contribution in [0.4, 0.5) is 5.69 Å². The van der Waals surface area contributed by atoms with Crippen molar-refractivity contribution in [2.75, 3.05) is 7.11 Å². The van der Waals surface area contributed by atoms with Gasteiger partial charge in [0, 0.05) is 5.02 Å². The van der Waals surface area contributed by atoms with Gasteiger partial charge in [-0.25, -0.2) is 4.68 Å². The van der Waals surface area contributed by atoms with Crippen LogP contribution in [0.1, 0.15) is 18.2 Å². The van der Waals surface area contributed by atoms with Crippen molar-refractivity contribution in [1.29, 1.82) is 0 Å². The number of methoxy groups -OCH3 is 1. The highest BCUT2D eigenvalue weighted by Crippen LogP contribution is 2.28. The zero-order valence-corrected chi connectivity index (χ0v) is 16.7. The van der Waals surface area contributed by atoms with Crippen LogP contribution in [0.25, 0.3) is 5.69 Å². The first-order valence-corrected chi connectivity index (χ1v) is 9.13. The van der Waals surface area contributed by atoms with Crippen molar-refractivity contribution < 1.29 is 9.53 Å². The minimum absolute atomic E-state index is 0.0951. The van der Waals surface area contributed by atoms with Gasteiger partial charge in [0.15, 0.2) is 0 Å². The van der Waals surface area contributed by atoms with Crippen LogP contribution in [0.5, 0.6) is 0 Å². The molecule has 1 N–H and O–H groups in total. The van der Waals surface area contributed by atoms with Gasteiger partial charge in [-0.3, -0.25) is 19.7 Å². The molecule has 2 aromatic carbocycles. The fraction of sp³-hybridized carbons (Fsp3) is 0.150. The normalized spacial score (nSPS) is 11.5. The number of hydrogen-bond donors (Lipinski definition) is 1. The molecular formula is C20H17Cl2N3O3. The number of esters is 1. The van der Waals surface area contributed by atoms with Crippen LogP contribution in [-0.2, 0) is 16.0 Å². The minimum Gasteiger partial charge on any atom is -0.469 e. The number of nitrogens with one attached hydrogen (secondary N) is 1. The van der Waals surface area contributed by atoms with Crippen LogP contribution in [0.2, 0.25) is 10.0 Å². The molecule has 0 bridgehead atoms. The lowest BCUT2D eigenvalue weighted by Gasteiger charge is -2.03. The van der Waals surface area contributed by atoms with Gasteiger partial charge in [0.25, 0.3) is 5.56 Å². The van der Waals surface area contributed by atoms with E-state index in [0.29, 0.717) is 38.4 Å². The van der Waals surface area contributed by atoms with Crippen molar-refractivity contribution in [3.63, 3.8) is 0 Å². The Labute approximate surface area is 171 Å². The predicted octanol–water partition coefficient (Wildman–Crippen LogP) is 4.33. The number of carbonyl (C=O) groups excluding carboxylic acids is 1. The summed E-state index contributed by atoms with van der Waals surface area (Å²) in [5, 5.41) is 3.84. The number of aromatic nitrogens is 2. The maximum atomic E-state index is 13.1. The summed E-state index contributed by atoms with van der Waals surface area (Å²) in [6.07, 6.45) is -0.0951. The molecule has 6 nitrogen and oxygen atoms in total. The standard InChI is InChI=1S/C20H17Cl2N3O3/c1-12(23-16-9-8-13(21)10-15(16)22)19-17(11-18(26)28-2)24-25(20(19)27)14-6-4-3-5-7-14/h3-10,24H,11H2,1-2H3. The third kappa shape index (κ3) is 4.18. The van der Waals surface area contributed by atoms with Gasteiger partial charge < -0.3 is 4.74 Å². The van der Waals surface area contributed by atoms with E-state index in [9.17, 15) is 9.59 Å². The maximum Gasteiger partial charge on any atom is 0.311 e. The Morgan fingerprint density at radius 2 is 1.89 bits per heavy atom. The van der Waals surface area contributed by atoms with Crippen molar-refractivity contribution in [2.24, 2.45) is 4.99 Å². The van der Waals surface area contributed by atoms with Gasteiger partial charge in [-0.2, -0.15) is 0 Å². The number of nitrogens with zero attached hydrogens (tertiary/aromatic N) is 2. The largest absolute Gasteiger partial charge is 0.469 e. The number of para-hydroxylation sites is 1. The summed E-state index contributed by atoms with van der Waals surface area (Å²) in [4.78, 5) is 29.4. The van der Waals surface area contributed by atoms with E-state index < -0.39 is 5.97 Å². The highest BCUT2D eigenvalue weighted by molar-refractivity contribution is 6.36. The van der Waals surface area contributed by atoms with Crippen LogP contribution in [0, 0.1) is 0 Å². The zero-order valence-electron chi connectivity index (χ0n) is 15.2. The smallest absolute Gasteiger partial charge is 0.311 e. The number of hydrogen-bond acceptors (Lipinski definition) is 4. The average molecular weight is 418 g/mol. The predicted molar refractivity (Wildman–Crippen MR) is 110 cm³/mol. The summed E-state index contributed by atoms with van der Waals surface area (Å²) < 4.78 is 6.12. The Bertz CT molecular complexity index is 1100. The zero-order chi connectivity index (χ0) is 20.3. The molecule has 8 heteroatoms. The van der Waals surface area contributed by atoms with E-state index in [1.807, 2.05) is 18.2 Å². The number of rotatable bonds is 5. The number of halogens is 2. The second-order valence-corrected chi connectivity index (χ2v) is 6.83. The lowest BCUT2D eigenvalue weighted by molar-refractivity contribution is -0.139. The summed E-state index contributed by atoms with van der Waals surface area (Å²) in [6.45, 7) is 1.69. The molecule has 3 rings (SSSR count). The topological polar surface area (TPSA) is 76.5 Å². The van der Waals surface area contributed by atoms with E-state index >= 15 is 0 Å². The molecule has 0 saturated heterocycles. The van der Waals surface area contributed by atoms with E-state index in [-0.39, 0.29) is 12.0 Å². The second-order valence-electron chi connectivity index (χ2n) is 5.99. The van der Waals surface area contributed by atoms with Crippen LogP contribution < -0.4 is 5.56 Å². The number of benzene rings is 2. The van der Waals surface area contributed by atoms with Gasteiger partial charge in [-0.15, -0.1) is 0 Å². The fourth-order valence-electron chi connectivity index (χ4n) is 2.77. The Morgan fingerprint density at radius 1 is 1.18 bits per heavy atom. The first kappa shape index (κ1) is 19.9. The van der Waals surface area contributed by atoms with Crippen molar-refractivity contribution in [2.45, 2.75) is 13.3 Å². The quantitative estimate of drug-likeness (QED) is 0.495. The second kappa shape index (κ2) is 8.46. The molecule has 0 amide bonds. The molecule has 0 saturated carbocycles. The highest BCUT2D eigenvalue weighted by atomic mass is 35.5. The summed E-state index contributed by atoms with van der Waals surface area (Å²) >= 11 is 12.1. The molecule has 3 aromatic rings. The minimum atomic E-state index is -0.472. The molecule has 0 aliphatic heterocycles. The Kier molecular flexibility index (Phi) is 6.02. The Balaban J connectivity index is 2.14. The first-order chi connectivity index (χ1) is 13.4. The van der Waals surface area contributed by atoms with Crippen LogP contribution in [0.3, 0.4) is 0 Å². The van der Waals surface area contributed by atoms with Crippen LogP contribution in [-0.4, -0.2) is 28.6 Å². The third-order valence-electron chi connectivity index (χ3n) is 4.09. The van der Waals surface area contributed by atoms with Crippen molar-refractivity contribution in [3.8, 4) is 5.69 Å². The first-order valence-electron chi connectivity index (χ1n) is 8.37. The molecule has 1 aromatic heterocycles. The van der Waals surface area contributed by atoms with Gasteiger partial charge >= 0.3 is 5.97 Å². The number of aliphatic imine (C=N–C) groups is 1. The molecule has 144 valence electrons. The summed E-state index contributed by atoms with van der Waals surface area (Å²) in [5.41, 5.74) is 1.91. The molecule has 0 unspecified atom stereocenters. The van der Waals surface area contributed by atoms with Gasteiger partial charge in [0.2, 0.25) is 0 Å². The Hall–Kier alpha value is -2.83. The molecule has 0 aliphatic carbocycles.